The van der Waals surface area contributed by atoms with Crippen molar-refractivity contribution in [3.8, 4) is 5.88 Å². The zero-order valence-electron chi connectivity index (χ0n) is 10.4. The maximum absolute atomic E-state index is 11.2. The van der Waals surface area contributed by atoms with Crippen LogP contribution in [0.15, 0.2) is 0 Å². The smallest absolute Gasteiger partial charge is 0.288 e. The fraction of sp³-hybridized carbons (Fsp3) is 0.700. The second-order valence-electron chi connectivity index (χ2n) is 4.30. The van der Waals surface area contributed by atoms with Crippen LogP contribution in [0.5, 0.6) is 5.88 Å². The Kier molecular flexibility index (Phi) is 3.83. The fourth-order valence-corrected chi connectivity index (χ4v) is 2.76. The number of hydrogen-bond donors (Lipinski definition) is 2. The summed E-state index contributed by atoms with van der Waals surface area (Å²) in [6.07, 6.45) is 0.130. The summed E-state index contributed by atoms with van der Waals surface area (Å²) in [5, 5.41) is 12.7. The lowest BCUT2D eigenvalue weighted by atomic mass is 10.0. The van der Waals surface area contributed by atoms with E-state index < -0.39 is 15.5 Å². The molecule has 0 saturated heterocycles. The van der Waals surface area contributed by atoms with Gasteiger partial charge in [0.1, 0.15) is 0 Å². The summed E-state index contributed by atoms with van der Waals surface area (Å²) in [5.74, 6) is -0.162. The number of rotatable bonds is 4. The van der Waals surface area contributed by atoms with E-state index in [1.54, 1.807) is 13.8 Å². The molecule has 17 heavy (non-hydrogen) atoms. The van der Waals surface area contributed by atoms with Gasteiger partial charge in [-0.05, 0) is 19.3 Å². The van der Waals surface area contributed by atoms with Gasteiger partial charge in [0.05, 0.1) is 5.69 Å². The minimum atomic E-state index is -4.28. The summed E-state index contributed by atoms with van der Waals surface area (Å²) >= 11 is 0. The van der Waals surface area contributed by atoms with Crippen LogP contribution in [0.4, 0.5) is 0 Å². The minimum Gasteiger partial charge on any atom is -0.493 e. The minimum absolute atomic E-state index is 0.0302. The summed E-state index contributed by atoms with van der Waals surface area (Å²) in [6.45, 7) is 7.05. The normalized spacial score (nSPS) is 14.2. The summed E-state index contributed by atoms with van der Waals surface area (Å²) in [6, 6.07) is 0. The Bertz CT molecular complexity index is 505. The van der Waals surface area contributed by atoms with Crippen molar-refractivity contribution in [2.24, 2.45) is 0 Å². The highest BCUT2D eigenvalue weighted by Crippen LogP contribution is 2.32. The molecule has 0 aliphatic carbocycles. The summed E-state index contributed by atoms with van der Waals surface area (Å²) in [7, 11) is -4.28. The molecule has 0 fully saturated rings. The molecule has 1 aromatic heterocycles. The Morgan fingerprint density at radius 1 is 1.41 bits per heavy atom. The van der Waals surface area contributed by atoms with E-state index in [-0.39, 0.29) is 18.2 Å². The van der Waals surface area contributed by atoms with Crippen LogP contribution in [-0.4, -0.2) is 27.9 Å². The Morgan fingerprint density at radius 2 is 1.94 bits per heavy atom. The molecule has 0 amide bonds. The molecular weight excluding hydrogens is 244 g/mol. The molecule has 1 unspecified atom stereocenters. The average Bonchev–Trinajstić information content (AvgIpc) is 2.40. The van der Waals surface area contributed by atoms with Gasteiger partial charge in [0.25, 0.3) is 10.1 Å². The van der Waals surface area contributed by atoms with Gasteiger partial charge in [-0.15, -0.1) is 0 Å². The van der Waals surface area contributed by atoms with Crippen LogP contribution in [0, 0.1) is 6.92 Å². The van der Waals surface area contributed by atoms with Gasteiger partial charge in [-0.3, -0.25) is 4.55 Å². The van der Waals surface area contributed by atoms with Crippen molar-refractivity contribution in [3.63, 3.8) is 0 Å². The first-order valence-corrected chi connectivity index (χ1v) is 6.94. The van der Waals surface area contributed by atoms with Gasteiger partial charge in [-0.2, -0.15) is 13.5 Å². The van der Waals surface area contributed by atoms with E-state index >= 15 is 0 Å². The van der Waals surface area contributed by atoms with Crippen molar-refractivity contribution in [1.29, 1.82) is 0 Å². The van der Waals surface area contributed by atoms with Crippen LogP contribution >= 0.6 is 0 Å². The van der Waals surface area contributed by atoms with E-state index in [0.717, 1.165) is 4.68 Å². The Hall–Kier alpha value is -1.08. The number of hydrogen-bond acceptors (Lipinski definition) is 4. The largest absolute Gasteiger partial charge is 0.493 e. The van der Waals surface area contributed by atoms with Crippen LogP contribution in [0.25, 0.3) is 0 Å². The van der Waals surface area contributed by atoms with Gasteiger partial charge < -0.3 is 5.11 Å². The summed E-state index contributed by atoms with van der Waals surface area (Å²) in [5.41, 5.74) is 1.17. The van der Waals surface area contributed by atoms with Crippen LogP contribution < -0.4 is 0 Å². The van der Waals surface area contributed by atoms with E-state index in [9.17, 15) is 13.5 Å². The van der Waals surface area contributed by atoms with E-state index in [2.05, 4.69) is 5.10 Å². The molecule has 0 saturated carbocycles. The number of aromatic nitrogens is 2. The second kappa shape index (κ2) is 4.66. The maximum Gasteiger partial charge on any atom is 0.288 e. The van der Waals surface area contributed by atoms with Gasteiger partial charge in [0.2, 0.25) is 5.88 Å². The summed E-state index contributed by atoms with van der Waals surface area (Å²) in [4.78, 5) is 0. The van der Waals surface area contributed by atoms with Crippen LogP contribution in [0.1, 0.15) is 49.7 Å². The SMILES string of the molecule is CCC(n1nc(C)c(C(C)C)c1O)S(=O)(=O)O. The maximum atomic E-state index is 11.2. The molecule has 0 aromatic carbocycles. The Labute approximate surface area is 101 Å². The van der Waals surface area contributed by atoms with Crippen molar-refractivity contribution in [2.45, 2.75) is 45.4 Å². The summed E-state index contributed by atoms with van der Waals surface area (Å²) < 4.78 is 32.4. The van der Waals surface area contributed by atoms with E-state index in [1.807, 2.05) is 13.8 Å². The third kappa shape index (κ3) is 2.61. The van der Waals surface area contributed by atoms with Gasteiger partial charge in [-0.1, -0.05) is 20.8 Å². The molecule has 0 bridgehead atoms. The van der Waals surface area contributed by atoms with Crippen molar-refractivity contribution in [1.82, 2.24) is 9.78 Å². The number of aryl methyl sites for hydroxylation is 1. The Balaban J connectivity index is 3.38. The van der Waals surface area contributed by atoms with Crippen molar-refractivity contribution >= 4 is 10.1 Å². The van der Waals surface area contributed by atoms with Gasteiger partial charge in [0, 0.05) is 5.56 Å². The molecule has 98 valence electrons. The topological polar surface area (TPSA) is 92.4 Å². The second-order valence-corrected chi connectivity index (χ2v) is 5.87. The lowest BCUT2D eigenvalue weighted by Gasteiger charge is -2.13. The van der Waals surface area contributed by atoms with Crippen molar-refractivity contribution in [3.05, 3.63) is 11.3 Å². The molecule has 1 rings (SSSR count). The van der Waals surface area contributed by atoms with E-state index in [1.165, 1.54) is 0 Å². The number of nitrogens with zero attached hydrogens (tertiary/aromatic N) is 2. The first-order valence-electron chi connectivity index (χ1n) is 5.44. The molecule has 0 spiro atoms. The highest BCUT2D eigenvalue weighted by molar-refractivity contribution is 7.85. The molecule has 0 aliphatic heterocycles. The first kappa shape index (κ1) is 14.0. The molecule has 2 N–H and O–H groups in total. The molecule has 0 aliphatic rings. The predicted molar refractivity (Wildman–Crippen MR) is 63.6 cm³/mol. The monoisotopic (exact) mass is 262 g/mol. The van der Waals surface area contributed by atoms with Crippen LogP contribution in [0.2, 0.25) is 0 Å². The van der Waals surface area contributed by atoms with E-state index in [4.69, 9.17) is 4.55 Å². The highest BCUT2D eigenvalue weighted by Gasteiger charge is 2.29. The van der Waals surface area contributed by atoms with Gasteiger partial charge in [-0.25, -0.2) is 4.68 Å². The standard InChI is InChI=1S/C10H18N2O4S/c1-5-8(17(14,15)16)12-10(13)9(6(2)3)7(4)11-12/h6,8,13H,5H2,1-4H3,(H,14,15,16). The predicted octanol–water partition coefficient (Wildman–Crippen LogP) is 1.82. The van der Waals surface area contributed by atoms with Crippen molar-refractivity contribution < 1.29 is 18.1 Å². The van der Waals surface area contributed by atoms with Crippen LogP contribution in [0.3, 0.4) is 0 Å². The molecule has 0 radical (unpaired) electrons. The zero-order chi connectivity index (χ0) is 13.4. The van der Waals surface area contributed by atoms with Crippen molar-refractivity contribution in [2.75, 3.05) is 0 Å². The third-order valence-corrected chi connectivity index (χ3v) is 3.87. The quantitative estimate of drug-likeness (QED) is 0.807. The fourth-order valence-electron chi connectivity index (χ4n) is 1.93. The number of aromatic hydroxyl groups is 1. The lowest BCUT2D eigenvalue weighted by molar-refractivity contribution is 0.363. The molecule has 1 heterocycles. The molecule has 1 aromatic rings. The molecule has 6 nitrogen and oxygen atoms in total. The zero-order valence-corrected chi connectivity index (χ0v) is 11.2. The molecular formula is C10H18N2O4S. The lowest BCUT2D eigenvalue weighted by Crippen LogP contribution is -2.19. The van der Waals surface area contributed by atoms with E-state index in [0.29, 0.717) is 11.3 Å². The highest BCUT2D eigenvalue weighted by atomic mass is 32.2. The molecule has 7 heteroatoms. The van der Waals surface area contributed by atoms with Gasteiger partial charge >= 0.3 is 0 Å². The van der Waals surface area contributed by atoms with Gasteiger partial charge in [0.15, 0.2) is 5.37 Å². The third-order valence-electron chi connectivity index (χ3n) is 2.65. The first-order chi connectivity index (χ1) is 7.70. The average molecular weight is 262 g/mol. The van der Waals surface area contributed by atoms with Crippen LogP contribution in [-0.2, 0) is 10.1 Å². The molecule has 1 atom stereocenters. The Morgan fingerprint density at radius 3 is 2.24 bits per heavy atom.